The third kappa shape index (κ3) is 5.80. The zero-order valence-corrected chi connectivity index (χ0v) is 19.9. The van der Waals surface area contributed by atoms with E-state index in [1.54, 1.807) is 12.1 Å². The van der Waals surface area contributed by atoms with E-state index in [1.165, 1.54) is 62.6 Å². The number of methoxy groups -OCH3 is 1. The first-order chi connectivity index (χ1) is 16.9. The first-order valence-electron chi connectivity index (χ1n) is 10.4. The molecule has 0 saturated heterocycles. The number of rotatable bonds is 9. The predicted octanol–water partition coefficient (Wildman–Crippen LogP) is 5.38. The number of carbonyl (C=O) groups excluding carboxylic acids is 1. The number of hydrogen-bond acceptors (Lipinski definition) is 4. The van der Waals surface area contributed by atoms with Crippen molar-refractivity contribution in [2.24, 2.45) is 0 Å². The van der Waals surface area contributed by atoms with Crippen LogP contribution < -0.4 is 4.74 Å². The lowest BCUT2D eigenvalue weighted by Gasteiger charge is -2.23. The van der Waals surface area contributed by atoms with Crippen molar-refractivity contribution in [1.29, 1.82) is 0 Å². The Morgan fingerprint density at radius 1 is 0.806 bits per heavy atom. The van der Waals surface area contributed by atoms with Gasteiger partial charge < -0.3 is 4.74 Å². The molecule has 0 fully saturated rings. The summed E-state index contributed by atoms with van der Waals surface area (Å²) in [5.74, 6) is -11.8. The molecular formula is C25H20F5NO4S. The number of allylic oxidation sites excluding steroid dienone is 1. The van der Waals surface area contributed by atoms with Gasteiger partial charge in [0.1, 0.15) is 5.75 Å². The third-order valence-electron chi connectivity index (χ3n) is 5.13. The summed E-state index contributed by atoms with van der Waals surface area (Å²) in [5, 5.41) is 0. The van der Waals surface area contributed by atoms with Gasteiger partial charge in [-0.1, -0.05) is 42.5 Å². The van der Waals surface area contributed by atoms with Gasteiger partial charge in [0.2, 0.25) is 15.8 Å². The van der Waals surface area contributed by atoms with Crippen LogP contribution in [-0.4, -0.2) is 25.6 Å². The summed E-state index contributed by atoms with van der Waals surface area (Å²) in [7, 11) is -3.80. The molecule has 0 saturated carbocycles. The second kappa shape index (κ2) is 11.0. The molecule has 0 aliphatic rings. The molecule has 0 amide bonds. The van der Waals surface area contributed by atoms with Gasteiger partial charge in [0.15, 0.2) is 33.9 Å². The molecule has 3 rings (SSSR count). The normalized spacial score (nSPS) is 11.9. The van der Waals surface area contributed by atoms with Crippen molar-refractivity contribution < 1.29 is 39.9 Å². The van der Waals surface area contributed by atoms with Crippen molar-refractivity contribution in [2.75, 3.05) is 7.11 Å². The average molecular weight is 525 g/mol. The Hall–Kier alpha value is -3.57. The Kier molecular flexibility index (Phi) is 8.26. The van der Waals surface area contributed by atoms with Crippen molar-refractivity contribution in [3.05, 3.63) is 100 Å². The molecule has 0 aliphatic carbocycles. The van der Waals surface area contributed by atoms with Crippen LogP contribution in [0.15, 0.2) is 59.5 Å². The van der Waals surface area contributed by atoms with Crippen LogP contribution in [0.1, 0.15) is 23.6 Å². The number of halogens is 5. The van der Waals surface area contributed by atoms with Gasteiger partial charge in [-0.15, -0.1) is 0 Å². The summed E-state index contributed by atoms with van der Waals surface area (Å²) in [6, 6.07) is 12.2. The van der Waals surface area contributed by atoms with Crippen LogP contribution in [0.4, 0.5) is 22.0 Å². The molecule has 190 valence electrons. The Morgan fingerprint density at radius 3 is 1.69 bits per heavy atom. The van der Waals surface area contributed by atoms with E-state index >= 15 is 0 Å². The zero-order chi connectivity index (χ0) is 26.6. The zero-order valence-electron chi connectivity index (χ0n) is 19.1. The fourth-order valence-corrected chi connectivity index (χ4v) is 4.78. The van der Waals surface area contributed by atoms with E-state index < -0.39 is 57.1 Å². The first kappa shape index (κ1) is 27.0. The van der Waals surface area contributed by atoms with Crippen LogP contribution >= 0.6 is 0 Å². The van der Waals surface area contributed by atoms with Crippen molar-refractivity contribution in [3.63, 3.8) is 0 Å². The minimum atomic E-state index is -5.22. The highest BCUT2D eigenvalue weighted by atomic mass is 32.2. The van der Waals surface area contributed by atoms with Gasteiger partial charge >= 0.3 is 0 Å². The topological polar surface area (TPSA) is 63.7 Å². The summed E-state index contributed by atoms with van der Waals surface area (Å²) < 4.78 is 102. The highest BCUT2D eigenvalue weighted by Gasteiger charge is 2.37. The van der Waals surface area contributed by atoms with Crippen LogP contribution in [0.25, 0.3) is 6.08 Å². The van der Waals surface area contributed by atoms with Gasteiger partial charge in [-0.05, 0) is 41.8 Å². The maximum absolute atomic E-state index is 14.5. The van der Waals surface area contributed by atoms with Gasteiger partial charge in [0, 0.05) is 13.1 Å². The molecule has 36 heavy (non-hydrogen) atoms. The van der Waals surface area contributed by atoms with E-state index in [2.05, 4.69) is 0 Å². The first-order valence-corrected chi connectivity index (χ1v) is 11.8. The number of ether oxygens (including phenoxy) is 1. The van der Waals surface area contributed by atoms with Crippen LogP contribution in [0, 0.1) is 29.1 Å². The largest absolute Gasteiger partial charge is 0.497 e. The van der Waals surface area contributed by atoms with Gasteiger partial charge in [0.25, 0.3) is 0 Å². The SMILES string of the molecule is COc1ccc(CN(Cc2ccc(/C=C/C(C)=O)cc2)S(=O)(=O)c2c(F)c(F)c(F)c(F)c2F)cc1. The summed E-state index contributed by atoms with van der Waals surface area (Å²) in [4.78, 5) is 9.17. The molecule has 0 atom stereocenters. The van der Waals surface area contributed by atoms with E-state index in [-0.39, 0.29) is 5.78 Å². The Morgan fingerprint density at radius 2 is 1.25 bits per heavy atom. The van der Waals surface area contributed by atoms with E-state index in [9.17, 15) is 35.2 Å². The highest BCUT2D eigenvalue weighted by molar-refractivity contribution is 7.89. The molecule has 5 nitrogen and oxygen atoms in total. The van der Waals surface area contributed by atoms with E-state index in [0.29, 0.717) is 26.7 Å². The standard InChI is InChI=1S/C25H20F5NO4S/c1-15(32)3-4-16-5-7-17(8-6-16)13-31(14-18-9-11-19(35-2)12-10-18)36(33,34)25-23(29)21(27)20(26)22(28)24(25)30/h3-12H,13-14H2,1-2H3/b4-3+. The Bertz CT molecular complexity index is 1380. The fraction of sp³-hybridized carbons (Fsp3) is 0.160. The molecule has 0 aromatic heterocycles. The molecule has 0 unspecified atom stereocenters. The molecule has 0 N–H and O–H groups in total. The molecule has 3 aromatic rings. The summed E-state index contributed by atoms with van der Waals surface area (Å²) >= 11 is 0. The molecular weight excluding hydrogens is 505 g/mol. The number of hydrogen-bond donors (Lipinski definition) is 0. The minimum Gasteiger partial charge on any atom is -0.497 e. The Balaban J connectivity index is 2.06. The fourth-order valence-electron chi connectivity index (χ4n) is 3.25. The smallest absolute Gasteiger partial charge is 0.249 e. The monoisotopic (exact) mass is 525 g/mol. The predicted molar refractivity (Wildman–Crippen MR) is 122 cm³/mol. The highest BCUT2D eigenvalue weighted by Crippen LogP contribution is 2.31. The number of carbonyl (C=O) groups is 1. The number of benzene rings is 3. The van der Waals surface area contributed by atoms with Crippen LogP contribution in [0.5, 0.6) is 5.75 Å². The third-order valence-corrected chi connectivity index (χ3v) is 6.95. The minimum absolute atomic E-state index is 0.182. The number of sulfonamides is 1. The lowest BCUT2D eigenvalue weighted by atomic mass is 10.1. The van der Waals surface area contributed by atoms with Crippen LogP contribution in [0.3, 0.4) is 0 Å². The van der Waals surface area contributed by atoms with E-state index in [4.69, 9.17) is 4.74 Å². The Labute approximate surface area is 204 Å². The number of ketones is 1. The molecule has 0 heterocycles. The molecule has 11 heteroatoms. The second-order valence-electron chi connectivity index (χ2n) is 7.71. The summed E-state index contributed by atoms with van der Waals surface area (Å²) in [6.45, 7) is 0.467. The van der Waals surface area contributed by atoms with Crippen LogP contribution in [0.2, 0.25) is 0 Å². The van der Waals surface area contributed by atoms with Gasteiger partial charge in [0.05, 0.1) is 7.11 Å². The molecule has 0 radical (unpaired) electrons. The second-order valence-corrected chi connectivity index (χ2v) is 9.58. The maximum Gasteiger partial charge on any atom is 0.249 e. The lowest BCUT2D eigenvalue weighted by molar-refractivity contribution is -0.112. The van der Waals surface area contributed by atoms with Crippen molar-refractivity contribution >= 4 is 21.9 Å². The number of nitrogens with zero attached hydrogens (tertiary/aromatic N) is 1. The molecule has 3 aromatic carbocycles. The van der Waals surface area contributed by atoms with E-state index in [1.807, 2.05) is 0 Å². The summed E-state index contributed by atoms with van der Waals surface area (Å²) in [6.07, 6.45) is 2.87. The molecule has 0 aliphatic heterocycles. The van der Waals surface area contributed by atoms with E-state index in [0.717, 1.165) is 0 Å². The maximum atomic E-state index is 14.5. The van der Waals surface area contributed by atoms with Crippen molar-refractivity contribution in [1.82, 2.24) is 4.31 Å². The van der Waals surface area contributed by atoms with Crippen LogP contribution in [-0.2, 0) is 27.9 Å². The quantitative estimate of drug-likeness (QED) is 0.163. The molecule has 0 spiro atoms. The lowest BCUT2D eigenvalue weighted by Crippen LogP contribution is -2.32. The molecule has 0 bridgehead atoms. The van der Waals surface area contributed by atoms with Gasteiger partial charge in [-0.25, -0.2) is 30.4 Å². The van der Waals surface area contributed by atoms with Gasteiger partial charge in [-0.2, -0.15) is 4.31 Å². The van der Waals surface area contributed by atoms with Crippen molar-refractivity contribution in [2.45, 2.75) is 24.9 Å². The van der Waals surface area contributed by atoms with Gasteiger partial charge in [-0.3, -0.25) is 4.79 Å². The van der Waals surface area contributed by atoms with Crippen molar-refractivity contribution in [3.8, 4) is 5.75 Å². The average Bonchev–Trinajstić information content (AvgIpc) is 2.85. The summed E-state index contributed by atoms with van der Waals surface area (Å²) in [5.41, 5.74) is 1.35.